The summed E-state index contributed by atoms with van der Waals surface area (Å²) in [6.07, 6.45) is 2.44. The average Bonchev–Trinajstić information content (AvgIpc) is 3.07. The number of aryl methyl sites for hydroxylation is 1. The molecule has 0 aliphatic heterocycles. The van der Waals surface area contributed by atoms with Crippen LogP contribution in [0, 0.1) is 17.0 Å². The Morgan fingerprint density at radius 2 is 1.97 bits per heavy atom. The van der Waals surface area contributed by atoms with Crippen molar-refractivity contribution in [2.24, 2.45) is 0 Å². The van der Waals surface area contributed by atoms with Gasteiger partial charge in [0, 0.05) is 30.0 Å². The number of aromatic nitrogens is 2. The van der Waals surface area contributed by atoms with Crippen LogP contribution in [0.25, 0.3) is 0 Å². The standard InChI is InChI=1S/C19H18N4O5S/c1-13-4-3-5-14(8-13)12-22-18(6-7-20-22)21-19(24)15-9-16(23(25)26)11-17(10-15)29(2,27)28/h3-11H,12H2,1-2H3,(H,21,24). The minimum atomic E-state index is -3.73. The van der Waals surface area contributed by atoms with Gasteiger partial charge in [0.25, 0.3) is 11.6 Å². The lowest BCUT2D eigenvalue weighted by molar-refractivity contribution is -0.385. The molecule has 1 heterocycles. The quantitative estimate of drug-likeness (QED) is 0.488. The van der Waals surface area contributed by atoms with Gasteiger partial charge in [-0.05, 0) is 18.6 Å². The number of carbonyl (C=O) groups is 1. The molecule has 0 spiro atoms. The van der Waals surface area contributed by atoms with Crippen LogP contribution in [0.4, 0.5) is 11.5 Å². The molecular weight excluding hydrogens is 396 g/mol. The maximum atomic E-state index is 12.7. The van der Waals surface area contributed by atoms with Crippen LogP contribution >= 0.6 is 0 Å². The number of anilines is 1. The Hall–Kier alpha value is -3.53. The van der Waals surface area contributed by atoms with Gasteiger partial charge in [-0.1, -0.05) is 29.8 Å². The van der Waals surface area contributed by atoms with Crippen molar-refractivity contribution in [1.82, 2.24) is 9.78 Å². The molecule has 0 aliphatic rings. The normalized spacial score (nSPS) is 11.2. The van der Waals surface area contributed by atoms with Crippen LogP contribution in [0.2, 0.25) is 0 Å². The Balaban J connectivity index is 1.89. The molecule has 29 heavy (non-hydrogen) atoms. The number of hydrogen-bond acceptors (Lipinski definition) is 6. The van der Waals surface area contributed by atoms with Crippen LogP contribution in [-0.2, 0) is 16.4 Å². The summed E-state index contributed by atoms with van der Waals surface area (Å²) in [5.41, 5.74) is 1.46. The van der Waals surface area contributed by atoms with Gasteiger partial charge >= 0.3 is 0 Å². The highest BCUT2D eigenvalue weighted by molar-refractivity contribution is 7.90. The molecule has 1 amide bonds. The highest BCUT2D eigenvalue weighted by atomic mass is 32.2. The fourth-order valence-corrected chi connectivity index (χ4v) is 3.45. The Labute approximate surface area is 167 Å². The summed E-state index contributed by atoms with van der Waals surface area (Å²) in [6, 6.07) is 12.5. The summed E-state index contributed by atoms with van der Waals surface area (Å²) < 4.78 is 25.2. The maximum absolute atomic E-state index is 12.7. The largest absolute Gasteiger partial charge is 0.307 e. The molecule has 2 aromatic carbocycles. The van der Waals surface area contributed by atoms with Crippen molar-refractivity contribution >= 4 is 27.2 Å². The first kappa shape index (κ1) is 20.2. The number of amides is 1. The van der Waals surface area contributed by atoms with Gasteiger partial charge in [0.15, 0.2) is 9.84 Å². The molecule has 0 bridgehead atoms. The first-order valence-corrected chi connectivity index (χ1v) is 10.4. The molecule has 3 rings (SSSR count). The summed E-state index contributed by atoms with van der Waals surface area (Å²) in [6.45, 7) is 2.38. The monoisotopic (exact) mass is 414 g/mol. The summed E-state index contributed by atoms with van der Waals surface area (Å²) in [7, 11) is -3.73. The zero-order chi connectivity index (χ0) is 21.2. The molecule has 10 heteroatoms. The van der Waals surface area contributed by atoms with E-state index in [1.54, 1.807) is 10.7 Å². The molecule has 0 fully saturated rings. The molecule has 0 saturated heterocycles. The van der Waals surface area contributed by atoms with E-state index >= 15 is 0 Å². The third-order valence-corrected chi connectivity index (χ3v) is 5.26. The van der Waals surface area contributed by atoms with Crippen molar-refractivity contribution in [3.63, 3.8) is 0 Å². The Kier molecular flexibility index (Phi) is 5.46. The molecule has 9 nitrogen and oxygen atoms in total. The van der Waals surface area contributed by atoms with Crippen LogP contribution < -0.4 is 5.32 Å². The third-order valence-electron chi connectivity index (χ3n) is 4.17. The van der Waals surface area contributed by atoms with Crippen molar-refractivity contribution in [2.75, 3.05) is 11.6 Å². The molecule has 1 aromatic heterocycles. The van der Waals surface area contributed by atoms with Crippen LogP contribution in [0.5, 0.6) is 0 Å². The lowest BCUT2D eigenvalue weighted by atomic mass is 10.1. The minimum Gasteiger partial charge on any atom is -0.307 e. The van der Waals surface area contributed by atoms with E-state index in [-0.39, 0.29) is 10.5 Å². The van der Waals surface area contributed by atoms with E-state index in [0.29, 0.717) is 12.4 Å². The fourth-order valence-electron chi connectivity index (χ4n) is 2.77. The van der Waals surface area contributed by atoms with Crippen molar-refractivity contribution in [3.05, 3.63) is 81.5 Å². The number of nitrogens with one attached hydrogen (secondary N) is 1. The van der Waals surface area contributed by atoms with Gasteiger partial charge in [-0.2, -0.15) is 5.10 Å². The lowest BCUT2D eigenvalue weighted by Crippen LogP contribution is -2.17. The topological polar surface area (TPSA) is 124 Å². The second-order valence-corrected chi connectivity index (χ2v) is 8.58. The maximum Gasteiger partial charge on any atom is 0.271 e. The number of benzene rings is 2. The number of nitrogens with zero attached hydrogens (tertiary/aromatic N) is 3. The Bertz CT molecular complexity index is 1200. The van der Waals surface area contributed by atoms with Gasteiger partial charge in [0.05, 0.1) is 22.6 Å². The number of hydrogen-bond donors (Lipinski definition) is 1. The van der Waals surface area contributed by atoms with Crippen molar-refractivity contribution in [3.8, 4) is 0 Å². The van der Waals surface area contributed by atoms with Crippen molar-refractivity contribution < 1.29 is 18.1 Å². The summed E-state index contributed by atoms with van der Waals surface area (Å²) in [4.78, 5) is 22.7. The number of nitro benzene ring substituents is 1. The van der Waals surface area contributed by atoms with Crippen molar-refractivity contribution in [2.45, 2.75) is 18.4 Å². The number of carbonyl (C=O) groups excluding carboxylic acids is 1. The van der Waals surface area contributed by atoms with Crippen LogP contribution in [0.15, 0.2) is 59.6 Å². The van der Waals surface area contributed by atoms with E-state index < -0.39 is 26.4 Å². The van der Waals surface area contributed by atoms with Gasteiger partial charge in [-0.3, -0.25) is 14.9 Å². The van der Waals surface area contributed by atoms with Crippen LogP contribution in [0.3, 0.4) is 0 Å². The van der Waals surface area contributed by atoms with Gasteiger partial charge in [-0.15, -0.1) is 0 Å². The van der Waals surface area contributed by atoms with E-state index in [0.717, 1.165) is 35.6 Å². The van der Waals surface area contributed by atoms with Gasteiger partial charge in [0.1, 0.15) is 5.82 Å². The van der Waals surface area contributed by atoms with E-state index in [4.69, 9.17) is 0 Å². The van der Waals surface area contributed by atoms with E-state index in [1.165, 1.54) is 6.20 Å². The van der Waals surface area contributed by atoms with E-state index in [9.17, 15) is 23.3 Å². The summed E-state index contributed by atoms with van der Waals surface area (Å²) >= 11 is 0. The lowest BCUT2D eigenvalue weighted by Gasteiger charge is -2.10. The van der Waals surface area contributed by atoms with Gasteiger partial charge in [0.2, 0.25) is 0 Å². The zero-order valence-corrected chi connectivity index (χ0v) is 16.5. The van der Waals surface area contributed by atoms with Gasteiger partial charge in [-0.25, -0.2) is 13.1 Å². The third kappa shape index (κ3) is 4.85. The molecule has 1 N–H and O–H groups in total. The highest BCUT2D eigenvalue weighted by Crippen LogP contribution is 2.22. The SMILES string of the molecule is Cc1cccc(Cn2nccc2NC(=O)c2cc([N+](=O)[O-])cc(S(C)(=O)=O)c2)c1. The molecular formula is C19H18N4O5S. The molecule has 0 radical (unpaired) electrons. The predicted octanol–water partition coefficient (Wildman–Crippen LogP) is 2.80. The van der Waals surface area contributed by atoms with Gasteiger partial charge < -0.3 is 5.32 Å². The smallest absolute Gasteiger partial charge is 0.271 e. The summed E-state index contributed by atoms with van der Waals surface area (Å²) in [5.74, 6) is -0.298. The Morgan fingerprint density at radius 1 is 1.21 bits per heavy atom. The van der Waals surface area contributed by atoms with Crippen molar-refractivity contribution in [1.29, 1.82) is 0 Å². The highest BCUT2D eigenvalue weighted by Gasteiger charge is 2.20. The van der Waals surface area contributed by atoms with Crippen LogP contribution in [0.1, 0.15) is 21.5 Å². The molecule has 0 unspecified atom stereocenters. The fraction of sp³-hybridized carbons (Fsp3) is 0.158. The van der Waals surface area contributed by atoms with E-state index in [1.807, 2.05) is 31.2 Å². The van der Waals surface area contributed by atoms with Crippen LogP contribution in [-0.4, -0.2) is 35.3 Å². The molecule has 0 atom stereocenters. The zero-order valence-electron chi connectivity index (χ0n) is 15.7. The number of nitro groups is 1. The second-order valence-electron chi connectivity index (χ2n) is 6.56. The molecule has 0 saturated carbocycles. The predicted molar refractivity (Wildman–Crippen MR) is 107 cm³/mol. The molecule has 0 aliphatic carbocycles. The molecule has 3 aromatic rings. The number of non-ortho nitro benzene ring substituents is 1. The minimum absolute atomic E-state index is 0.136. The van der Waals surface area contributed by atoms with E-state index in [2.05, 4.69) is 10.4 Å². The first-order chi connectivity index (χ1) is 13.6. The average molecular weight is 414 g/mol. The first-order valence-electron chi connectivity index (χ1n) is 8.52. The molecule has 150 valence electrons. The number of sulfone groups is 1. The Morgan fingerprint density at radius 3 is 2.62 bits per heavy atom. The second kappa shape index (κ2) is 7.84. The number of rotatable bonds is 6. The summed E-state index contributed by atoms with van der Waals surface area (Å²) in [5, 5.41) is 17.9.